The van der Waals surface area contributed by atoms with E-state index < -0.39 is 0 Å². The molecule has 0 spiro atoms. The largest absolute Gasteiger partial charge is 0.208 e. The lowest BCUT2D eigenvalue weighted by molar-refractivity contribution is 0.660. The third-order valence-corrected chi connectivity index (χ3v) is 12.2. The number of fused-ring (bicyclic) bond motifs is 6. The minimum atomic E-state index is -0.0704. The van der Waals surface area contributed by atoms with Crippen molar-refractivity contribution in [3.8, 4) is 89.8 Å². The van der Waals surface area contributed by atoms with Crippen molar-refractivity contribution in [2.24, 2.45) is 0 Å². The minimum Gasteiger partial charge on any atom is -0.208 e. The average molecular weight is 758 g/mol. The van der Waals surface area contributed by atoms with Crippen molar-refractivity contribution in [3.05, 3.63) is 210 Å². The van der Waals surface area contributed by atoms with Crippen LogP contribution in [-0.2, 0) is 11.8 Å². The van der Waals surface area contributed by atoms with E-state index in [0.29, 0.717) is 17.5 Å². The maximum absolute atomic E-state index is 5.21. The zero-order valence-electron chi connectivity index (χ0n) is 32.4. The Balaban J connectivity index is 0.00000420. The number of rotatable bonds is 6. The molecule has 3 heteroatoms. The average Bonchev–Trinajstić information content (AvgIpc) is 3.79. The standard InChI is InChI=1S/C55H39N3.CH4/c1-55(2)50-25-10-9-20-46(50)49-33-41(30-31-51(49)55)54-57-52(38-16-7-4-8-17-38)56-53(58-54)40-19-11-18-39(32-40)43-22-13-24-45-44-23-12-21-42(47(44)34-48(43)45)37-28-26-36(27-29-37)35-14-5-3-6-15-35;/h3-33H,34H2,1-2H3;1H4. The summed E-state index contributed by atoms with van der Waals surface area (Å²) in [4.78, 5) is 15.4. The summed E-state index contributed by atoms with van der Waals surface area (Å²) in [6.07, 6.45) is 0.869. The highest BCUT2D eigenvalue weighted by atomic mass is 15.0. The summed E-state index contributed by atoms with van der Waals surface area (Å²) in [6, 6.07) is 67.4. The van der Waals surface area contributed by atoms with E-state index in [1.54, 1.807) is 0 Å². The van der Waals surface area contributed by atoms with Gasteiger partial charge in [-0.2, -0.15) is 0 Å². The number of benzene rings is 8. The molecule has 1 heterocycles. The van der Waals surface area contributed by atoms with Crippen LogP contribution in [0, 0.1) is 0 Å². The molecular formula is C56H43N3. The maximum Gasteiger partial charge on any atom is 0.164 e. The van der Waals surface area contributed by atoms with Crippen LogP contribution in [0.3, 0.4) is 0 Å². The lowest BCUT2D eigenvalue weighted by Gasteiger charge is -2.21. The second kappa shape index (κ2) is 14.3. The Kier molecular flexibility index (Phi) is 8.76. The van der Waals surface area contributed by atoms with Gasteiger partial charge in [0.15, 0.2) is 17.5 Å². The van der Waals surface area contributed by atoms with Crippen LogP contribution in [-0.4, -0.2) is 15.0 Å². The lowest BCUT2D eigenvalue weighted by Crippen LogP contribution is -2.14. The minimum absolute atomic E-state index is 0. The molecule has 9 aromatic rings. The molecule has 3 nitrogen and oxygen atoms in total. The van der Waals surface area contributed by atoms with Crippen LogP contribution in [0.15, 0.2) is 188 Å². The molecule has 0 unspecified atom stereocenters. The first-order valence-corrected chi connectivity index (χ1v) is 20.1. The van der Waals surface area contributed by atoms with Gasteiger partial charge >= 0.3 is 0 Å². The monoisotopic (exact) mass is 757 g/mol. The number of nitrogens with zero attached hydrogens (tertiary/aromatic N) is 3. The van der Waals surface area contributed by atoms with Crippen molar-refractivity contribution in [2.45, 2.75) is 33.1 Å². The summed E-state index contributed by atoms with van der Waals surface area (Å²) < 4.78 is 0. The van der Waals surface area contributed by atoms with Crippen molar-refractivity contribution in [1.29, 1.82) is 0 Å². The van der Waals surface area contributed by atoms with E-state index in [1.807, 2.05) is 18.2 Å². The molecule has 0 bridgehead atoms. The highest BCUT2D eigenvalue weighted by Gasteiger charge is 2.35. The SMILES string of the molecule is C.CC1(C)c2ccccc2-c2cc(-c3nc(-c4ccccc4)nc(-c4cccc(-c5cccc6c5Cc5c(-c7ccc(-c8ccccc8)cc7)cccc5-6)c4)n3)ccc21. The first-order valence-electron chi connectivity index (χ1n) is 20.1. The predicted octanol–water partition coefficient (Wildman–Crippen LogP) is 14.4. The van der Waals surface area contributed by atoms with Crippen molar-refractivity contribution in [3.63, 3.8) is 0 Å². The summed E-state index contributed by atoms with van der Waals surface area (Å²) in [5.74, 6) is 1.98. The van der Waals surface area contributed by atoms with E-state index in [0.717, 1.165) is 28.7 Å². The molecule has 0 fully saturated rings. The Bertz CT molecular complexity index is 3040. The summed E-state index contributed by atoms with van der Waals surface area (Å²) in [5, 5.41) is 0. The molecule has 2 aliphatic rings. The normalized spacial score (nSPS) is 12.8. The molecular weight excluding hydrogens is 715 g/mol. The van der Waals surface area contributed by atoms with Crippen LogP contribution in [0.25, 0.3) is 89.8 Å². The van der Waals surface area contributed by atoms with Crippen LogP contribution in [0.4, 0.5) is 0 Å². The maximum atomic E-state index is 5.21. The van der Waals surface area contributed by atoms with Gasteiger partial charge in [-0.05, 0) is 96.4 Å². The third kappa shape index (κ3) is 6.09. The van der Waals surface area contributed by atoms with Gasteiger partial charge in [-0.15, -0.1) is 0 Å². The van der Waals surface area contributed by atoms with Crippen LogP contribution >= 0.6 is 0 Å². The van der Waals surface area contributed by atoms with E-state index >= 15 is 0 Å². The Morgan fingerprint density at radius 3 is 1.42 bits per heavy atom. The Hall–Kier alpha value is -7.23. The Morgan fingerprint density at radius 1 is 0.322 bits per heavy atom. The van der Waals surface area contributed by atoms with Gasteiger partial charge in [0.25, 0.3) is 0 Å². The Morgan fingerprint density at radius 2 is 0.746 bits per heavy atom. The zero-order chi connectivity index (χ0) is 38.8. The number of hydrogen-bond donors (Lipinski definition) is 0. The van der Waals surface area contributed by atoms with Crippen LogP contribution in [0.2, 0.25) is 0 Å². The first kappa shape index (κ1) is 36.1. The summed E-state index contributed by atoms with van der Waals surface area (Å²) in [7, 11) is 0. The van der Waals surface area contributed by atoms with Gasteiger partial charge in [0, 0.05) is 22.1 Å². The van der Waals surface area contributed by atoms with E-state index in [1.165, 1.54) is 72.3 Å². The summed E-state index contributed by atoms with van der Waals surface area (Å²) in [5.41, 5.74) is 20.7. The van der Waals surface area contributed by atoms with Gasteiger partial charge in [-0.25, -0.2) is 15.0 Å². The summed E-state index contributed by atoms with van der Waals surface area (Å²) in [6.45, 7) is 4.62. The van der Waals surface area contributed by atoms with E-state index in [9.17, 15) is 0 Å². The van der Waals surface area contributed by atoms with Gasteiger partial charge in [-0.1, -0.05) is 197 Å². The van der Waals surface area contributed by atoms with Gasteiger partial charge in [-0.3, -0.25) is 0 Å². The Labute approximate surface area is 346 Å². The smallest absolute Gasteiger partial charge is 0.164 e. The van der Waals surface area contributed by atoms with Gasteiger partial charge in [0.2, 0.25) is 0 Å². The third-order valence-electron chi connectivity index (χ3n) is 12.2. The van der Waals surface area contributed by atoms with E-state index in [2.05, 4.69) is 184 Å². The summed E-state index contributed by atoms with van der Waals surface area (Å²) >= 11 is 0. The highest BCUT2D eigenvalue weighted by Crippen LogP contribution is 2.50. The molecule has 282 valence electrons. The molecule has 1 aromatic heterocycles. The fourth-order valence-corrected chi connectivity index (χ4v) is 9.29. The van der Waals surface area contributed by atoms with Gasteiger partial charge in [0.05, 0.1) is 0 Å². The lowest BCUT2D eigenvalue weighted by atomic mass is 9.82. The molecule has 0 amide bonds. The fourth-order valence-electron chi connectivity index (χ4n) is 9.29. The van der Waals surface area contributed by atoms with E-state index in [4.69, 9.17) is 15.0 Å². The molecule has 0 N–H and O–H groups in total. The first-order chi connectivity index (χ1) is 28.5. The molecule has 59 heavy (non-hydrogen) atoms. The van der Waals surface area contributed by atoms with Crippen molar-refractivity contribution in [1.82, 2.24) is 15.0 Å². The molecule has 11 rings (SSSR count). The van der Waals surface area contributed by atoms with Crippen molar-refractivity contribution in [2.75, 3.05) is 0 Å². The second-order valence-corrected chi connectivity index (χ2v) is 16.0. The number of aromatic nitrogens is 3. The molecule has 8 aromatic carbocycles. The predicted molar refractivity (Wildman–Crippen MR) is 245 cm³/mol. The molecule has 0 atom stereocenters. The van der Waals surface area contributed by atoms with Gasteiger partial charge in [0.1, 0.15) is 0 Å². The fraction of sp³-hybridized carbons (Fsp3) is 0.0893. The highest BCUT2D eigenvalue weighted by molar-refractivity contribution is 5.90. The van der Waals surface area contributed by atoms with Crippen LogP contribution < -0.4 is 0 Å². The molecule has 0 radical (unpaired) electrons. The van der Waals surface area contributed by atoms with Crippen molar-refractivity contribution < 1.29 is 0 Å². The van der Waals surface area contributed by atoms with Crippen LogP contribution in [0.5, 0.6) is 0 Å². The van der Waals surface area contributed by atoms with Gasteiger partial charge < -0.3 is 0 Å². The van der Waals surface area contributed by atoms with Crippen molar-refractivity contribution >= 4 is 0 Å². The van der Waals surface area contributed by atoms with E-state index in [-0.39, 0.29) is 12.8 Å². The molecule has 0 saturated carbocycles. The van der Waals surface area contributed by atoms with Crippen LogP contribution in [0.1, 0.15) is 43.5 Å². The zero-order valence-corrected chi connectivity index (χ0v) is 32.4. The topological polar surface area (TPSA) is 38.7 Å². The molecule has 0 saturated heterocycles. The second-order valence-electron chi connectivity index (χ2n) is 16.0. The quantitative estimate of drug-likeness (QED) is 0.170. The molecule has 0 aliphatic heterocycles. The molecule has 2 aliphatic carbocycles. The number of hydrogen-bond acceptors (Lipinski definition) is 3.